The number of amides is 1. The number of piperazine rings is 1. The van der Waals surface area contributed by atoms with E-state index in [0.29, 0.717) is 12.0 Å². The molecule has 0 radical (unpaired) electrons. The molecule has 1 fully saturated rings. The number of carbonyl (C=O) groups excluding carboxylic acids is 2. The molecule has 8 heteroatoms. The summed E-state index contributed by atoms with van der Waals surface area (Å²) in [5, 5.41) is 2.56. The monoisotopic (exact) mass is 441 g/mol. The van der Waals surface area contributed by atoms with Gasteiger partial charge in [-0.05, 0) is 49.7 Å². The summed E-state index contributed by atoms with van der Waals surface area (Å²) in [6.45, 7) is 5.01. The highest BCUT2D eigenvalue weighted by Gasteiger charge is 2.29. The van der Waals surface area contributed by atoms with E-state index in [-0.39, 0.29) is 16.4 Å². The summed E-state index contributed by atoms with van der Waals surface area (Å²) in [5.74, 6) is -1.15. The third-order valence-corrected chi connectivity index (χ3v) is 7.52. The van der Waals surface area contributed by atoms with Crippen LogP contribution < -0.4 is 10.2 Å². The van der Waals surface area contributed by atoms with Gasteiger partial charge in [0.25, 0.3) is 0 Å². The molecule has 7 nitrogen and oxygen atoms in total. The van der Waals surface area contributed by atoms with Gasteiger partial charge >= 0.3 is 0 Å². The second-order valence-corrected chi connectivity index (χ2v) is 10.0. The second-order valence-electron chi connectivity index (χ2n) is 8.06. The van der Waals surface area contributed by atoms with Gasteiger partial charge in [-0.3, -0.25) is 14.5 Å². The van der Waals surface area contributed by atoms with Gasteiger partial charge in [0.05, 0.1) is 10.6 Å². The first-order chi connectivity index (χ1) is 14.9. The molecule has 2 aliphatic rings. The van der Waals surface area contributed by atoms with Gasteiger partial charge in [-0.15, -0.1) is 0 Å². The van der Waals surface area contributed by atoms with Crippen molar-refractivity contribution in [3.05, 3.63) is 54.1 Å². The summed E-state index contributed by atoms with van der Waals surface area (Å²) in [6, 6.07) is 14.9. The Kier molecular flexibility index (Phi) is 6.38. The van der Waals surface area contributed by atoms with Crippen LogP contribution in [0.15, 0.2) is 53.4 Å². The minimum Gasteiger partial charge on any atom is -0.369 e. The standard InChI is InChI=1S/C23H27N3O4S/c27-21(18-9-10-22-20(16-18)24-23(28)17-31(22,29)30)8-4-5-11-25-12-14-26(15-13-25)19-6-2-1-3-7-19/h1-3,6-7,9-10,16H,4-5,8,11-15,17H2,(H,24,28). The summed E-state index contributed by atoms with van der Waals surface area (Å²) in [4.78, 5) is 29.1. The van der Waals surface area contributed by atoms with E-state index >= 15 is 0 Å². The van der Waals surface area contributed by atoms with E-state index in [0.717, 1.165) is 45.6 Å². The Morgan fingerprint density at radius 2 is 1.71 bits per heavy atom. The topological polar surface area (TPSA) is 86.8 Å². The number of benzene rings is 2. The van der Waals surface area contributed by atoms with Gasteiger partial charge < -0.3 is 10.2 Å². The van der Waals surface area contributed by atoms with Gasteiger partial charge in [0.15, 0.2) is 15.6 Å². The van der Waals surface area contributed by atoms with E-state index in [1.165, 1.54) is 17.8 Å². The van der Waals surface area contributed by atoms with Gasteiger partial charge in [0.2, 0.25) is 5.91 Å². The number of para-hydroxylation sites is 1. The van der Waals surface area contributed by atoms with Crippen LogP contribution in [-0.2, 0) is 14.6 Å². The maximum absolute atomic E-state index is 12.5. The average Bonchev–Trinajstić information content (AvgIpc) is 2.76. The molecule has 0 atom stereocenters. The number of anilines is 2. The molecule has 0 bridgehead atoms. The molecule has 0 unspecified atom stereocenters. The molecule has 0 spiro atoms. The van der Waals surface area contributed by atoms with Crippen molar-refractivity contribution in [2.24, 2.45) is 0 Å². The second kappa shape index (κ2) is 9.20. The zero-order valence-electron chi connectivity index (χ0n) is 17.4. The van der Waals surface area contributed by atoms with Gasteiger partial charge in [0.1, 0.15) is 5.75 Å². The summed E-state index contributed by atoms with van der Waals surface area (Å²) in [5.41, 5.74) is 1.91. The Hall–Kier alpha value is -2.71. The largest absolute Gasteiger partial charge is 0.369 e. The van der Waals surface area contributed by atoms with Crippen molar-refractivity contribution in [3.8, 4) is 0 Å². The molecule has 0 saturated carbocycles. The minimum absolute atomic E-state index is 0.0334. The maximum atomic E-state index is 12.5. The van der Waals surface area contributed by atoms with Gasteiger partial charge in [-0.2, -0.15) is 0 Å². The molecule has 0 aromatic heterocycles. The Bertz CT molecular complexity index is 1060. The number of Topliss-reactive ketones (excluding diaryl/α,β-unsaturated/α-hetero) is 1. The van der Waals surface area contributed by atoms with Crippen LogP contribution in [0.1, 0.15) is 29.6 Å². The zero-order valence-corrected chi connectivity index (χ0v) is 18.2. The fourth-order valence-corrected chi connectivity index (χ4v) is 5.44. The number of unbranched alkanes of at least 4 members (excludes halogenated alkanes) is 1. The SMILES string of the molecule is O=C1CS(=O)(=O)c2ccc(C(=O)CCCCN3CCN(c4ccccc4)CC3)cc2N1. The number of nitrogens with zero attached hydrogens (tertiary/aromatic N) is 2. The fraction of sp³-hybridized carbons (Fsp3) is 0.391. The lowest BCUT2D eigenvalue weighted by Gasteiger charge is -2.36. The Morgan fingerprint density at radius 3 is 2.45 bits per heavy atom. The van der Waals surface area contributed by atoms with Crippen molar-refractivity contribution < 1.29 is 18.0 Å². The number of nitrogens with one attached hydrogen (secondary N) is 1. The highest BCUT2D eigenvalue weighted by molar-refractivity contribution is 7.92. The van der Waals surface area contributed by atoms with Crippen LogP contribution in [0.25, 0.3) is 0 Å². The molecule has 164 valence electrons. The molecule has 0 aliphatic carbocycles. The number of sulfone groups is 1. The number of fused-ring (bicyclic) bond motifs is 1. The Balaban J connectivity index is 1.22. The Labute approximate surface area is 183 Å². The lowest BCUT2D eigenvalue weighted by atomic mass is 10.0. The summed E-state index contributed by atoms with van der Waals surface area (Å²) in [6.07, 6.45) is 2.12. The van der Waals surface area contributed by atoms with Gasteiger partial charge in [-0.25, -0.2) is 8.42 Å². The van der Waals surface area contributed by atoms with E-state index in [1.807, 2.05) is 6.07 Å². The number of rotatable bonds is 7. The van der Waals surface area contributed by atoms with Gasteiger partial charge in [0, 0.05) is 43.9 Å². The van der Waals surface area contributed by atoms with E-state index in [4.69, 9.17) is 0 Å². The third kappa shape index (κ3) is 5.14. The zero-order chi connectivity index (χ0) is 21.8. The van der Waals surface area contributed by atoms with Gasteiger partial charge in [-0.1, -0.05) is 18.2 Å². The van der Waals surface area contributed by atoms with Crippen LogP contribution >= 0.6 is 0 Å². The molecular formula is C23H27N3O4S. The van der Waals surface area contributed by atoms with Crippen LogP contribution in [0, 0.1) is 0 Å². The molecule has 2 aromatic rings. The van der Waals surface area contributed by atoms with Crippen molar-refractivity contribution >= 4 is 32.9 Å². The summed E-state index contributed by atoms with van der Waals surface area (Å²) in [7, 11) is -3.62. The van der Waals surface area contributed by atoms with Crippen molar-refractivity contribution in [3.63, 3.8) is 0 Å². The molecule has 1 amide bonds. The number of hydrogen-bond donors (Lipinski definition) is 1. The van der Waals surface area contributed by atoms with Crippen LogP contribution in [0.3, 0.4) is 0 Å². The number of carbonyl (C=O) groups is 2. The quantitative estimate of drug-likeness (QED) is 0.525. The van der Waals surface area contributed by atoms with Crippen molar-refractivity contribution in [1.29, 1.82) is 0 Å². The molecular weight excluding hydrogens is 414 g/mol. The fourth-order valence-electron chi connectivity index (χ4n) is 4.14. The number of hydrogen-bond acceptors (Lipinski definition) is 6. The van der Waals surface area contributed by atoms with E-state index in [2.05, 4.69) is 39.4 Å². The lowest BCUT2D eigenvalue weighted by Crippen LogP contribution is -2.46. The number of ketones is 1. The predicted octanol–water partition coefficient (Wildman–Crippen LogP) is 2.59. The predicted molar refractivity (Wildman–Crippen MR) is 120 cm³/mol. The molecule has 1 N–H and O–H groups in total. The van der Waals surface area contributed by atoms with E-state index in [9.17, 15) is 18.0 Å². The first-order valence-corrected chi connectivity index (χ1v) is 12.3. The molecule has 2 aromatic carbocycles. The molecule has 31 heavy (non-hydrogen) atoms. The molecule has 2 aliphatic heterocycles. The van der Waals surface area contributed by atoms with Crippen LogP contribution in [0.4, 0.5) is 11.4 Å². The highest BCUT2D eigenvalue weighted by atomic mass is 32.2. The molecule has 4 rings (SSSR count). The first kappa shape index (κ1) is 21.5. The summed E-state index contributed by atoms with van der Waals surface area (Å²) >= 11 is 0. The van der Waals surface area contributed by atoms with E-state index < -0.39 is 21.5 Å². The van der Waals surface area contributed by atoms with Crippen LogP contribution in [-0.4, -0.2) is 63.5 Å². The normalized spacial score (nSPS) is 18.3. The molecule has 1 saturated heterocycles. The third-order valence-electron chi connectivity index (χ3n) is 5.85. The average molecular weight is 442 g/mol. The van der Waals surface area contributed by atoms with Crippen LogP contribution in [0.5, 0.6) is 0 Å². The van der Waals surface area contributed by atoms with Crippen molar-refractivity contribution in [2.75, 3.05) is 48.7 Å². The highest BCUT2D eigenvalue weighted by Crippen LogP contribution is 2.28. The smallest absolute Gasteiger partial charge is 0.239 e. The minimum atomic E-state index is -3.62. The van der Waals surface area contributed by atoms with Crippen LogP contribution in [0.2, 0.25) is 0 Å². The Morgan fingerprint density at radius 1 is 0.968 bits per heavy atom. The molecule has 2 heterocycles. The van der Waals surface area contributed by atoms with E-state index in [1.54, 1.807) is 6.07 Å². The maximum Gasteiger partial charge on any atom is 0.239 e. The van der Waals surface area contributed by atoms with Crippen molar-refractivity contribution in [1.82, 2.24) is 4.90 Å². The van der Waals surface area contributed by atoms with Crippen molar-refractivity contribution in [2.45, 2.75) is 24.2 Å². The first-order valence-electron chi connectivity index (χ1n) is 10.6. The summed E-state index contributed by atoms with van der Waals surface area (Å²) < 4.78 is 24.1. The lowest BCUT2D eigenvalue weighted by molar-refractivity contribution is -0.114.